The van der Waals surface area contributed by atoms with Crippen LogP contribution in [0, 0.1) is 0 Å². The van der Waals surface area contributed by atoms with Crippen molar-refractivity contribution in [3.63, 3.8) is 0 Å². The van der Waals surface area contributed by atoms with E-state index in [1.54, 1.807) is 16.7 Å². The number of rotatable bonds is 6. The lowest BCUT2D eigenvalue weighted by Crippen LogP contribution is -2.61. The maximum atomic E-state index is 9.90. The summed E-state index contributed by atoms with van der Waals surface area (Å²) in [5, 5.41) is 7.02. The summed E-state index contributed by atoms with van der Waals surface area (Å²) < 4.78 is 174. The van der Waals surface area contributed by atoms with E-state index in [2.05, 4.69) is 262 Å². The molecule has 2 aliphatic rings. The molecule has 0 amide bonds. The highest BCUT2D eigenvalue weighted by molar-refractivity contribution is 7.00. The maximum Gasteiger partial charge on any atom is 0.252 e. The van der Waals surface area contributed by atoms with Gasteiger partial charge in [-0.05, 0) is 205 Å². The molecule has 0 unspecified atom stereocenters. The van der Waals surface area contributed by atoms with Gasteiger partial charge in [-0.15, -0.1) is 0 Å². The van der Waals surface area contributed by atoms with Crippen LogP contribution in [0.1, 0.15) is 154 Å². The van der Waals surface area contributed by atoms with Gasteiger partial charge in [0.2, 0.25) is 0 Å². The molecule has 21 aromatic rings. The Kier molecular flexibility index (Phi) is 11.7. The van der Waals surface area contributed by atoms with E-state index in [9.17, 15) is 13.7 Å². The first-order valence-electron chi connectivity index (χ1n) is 49.0. The van der Waals surface area contributed by atoms with Crippen LogP contribution in [0.25, 0.3) is 154 Å². The molecule has 0 bridgehead atoms. The summed E-state index contributed by atoms with van der Waals surface area (Å²) in [6.07, 6.45) is 0. The van der Waals surface area contributed by atoms with Gasteiger partial charge in [-0.3, -0.25) is 0 Å². The first-order chi connectivity index (χ1) is 63.8. The van der Waals surface area contributed by atoms with Gasteiger partial charge in [0.1, 0.15) is 0 Å². The minimum atomic E-state index is -0.676. The molecule has 23 rings (SSSR count). The summed E-state index contributed by atoms with van der Waals surface area (Å²) in [4.78, 5) is 4.54. The van der Waals surface area contributed by atoms with Crippen molar-refractivity contribution in [1.29, 1.82) is 0 Å². The number of aromatic nitrogens is 4. The van der Waals surface area contributed by atoms with Gasteiger partial charge in [0.15, 0.2) is 22.3 Å². The molecule has 0 N–H and O–H groups in total. The van der Waals surface area contributed by atoms with E-state index in [1.807, 2.05) is 42.5 Å². The molecule has 6 aromatic heterocycles. The van der Waals surface area contributed by atoms with Crippen molar-refractivity contribution in [2.24, 2.45) is 0 Å². The number of hydrogen-bond acceptors (Lipinski definition) is 4. The van der Waals surface area contributed by atoms with Crippen LogP contribution in [0.5, 0.6) is 0 Å². The highest BCUT2D eigenvalue weighted by atomic mass is 16.3. The molecular formula is C110H93BN6O2. The zero-order chi connectivity index (χ0) is 95.1. The molecule has 0 aliphatic carbocycles. The van der Waals surface area contributed by atoms with E-state index in [-0.39, 0.29) is 82.2 Å². The topological polar surface area (TPSA) is 52.5 Å². The third kappa shape index (κ3) is 10.4. The molecule has 0 fully saturated rings. The molecule has 0 saturated carbocycles. The lowest BCUT2D eigenvalue weighted by atomic mass is 9.33. The number of hydrogen-bond donors (Lipinski definition) is 0. The van der Waals surface area contributed by atoms with E-state index in [1.165, 1.54) is 26.8 Å². The fraction of sp³-hybridized carbons (Fsp3) is 0.182. The van der Waals surface area contributed by atoms with Crippen LogP contribution in [0.15, 0.2) is 300 Å². The second-order valence-corrected chi connectivity index (χ2v) is 37.8. The van der Waals surface area contributed by atoms with Gasteiger partial charge >= 0.3 is 0 Å². The lowest BCUT2D eigenvalue weighted by Gasteiger charge is -2.45. The molecule has 8 nitrogen and oxygen atoms in total. The number of para-hydroxylation sites is 8. The molecule has 0 atom stereocenters. The van der Waals surface area contributed by atoms with E-state index >= 15 is 0 Å². The Hall–Kier alpha value is -13.2. The SMILES string of the molecule is [2H]c1c([2H])c([2H])c2c(c1[2H])c1c([2H])c([2H])c([2H])c([2H])c1n2-c1ccc2c(c1)N(c1cccc3c1oc1c(-n4c5c([2H])c([2H])c([2H])c([2H])c5c5c([2H])c([2H])c([2H])c([2H])c54)cccc13)c1cc(C(C)(C)C)cc3c1B2c1ccc(-n2c4ccc(C(C)(C)C)cc4c4cc(C(C)(C)C)ccc42)cc1N3c1cccc2c1oc1c(-n3c4ccc(C(C)(C)C)cc4c4cc(C(C)(C)C)ccc43)cccc12. The summed E-state index contributed by atoms with van der Waals surface area (Å²) in [6.45, 7) is 32.9. The first-order valence-corrected chi connectivity index (χ1v) is 41.0. The second-order valence-electron chi connectivity index (χ2n) is 37.8. The quantitative estimate of drug-likeness (QED) is 0.156. The largest absolute Gasteiger partial charge is 0.452 e. The molecule has 2 aliphatic heterocycles. The Morgan fingerprint density at radius 3 is 0.857 bits per heavy atom. The molecule has 578 valence electrons. The normalized spacial score (nSPS) is 15.5. The van der Waals surface area contributed by atoms with Crippen LogP contribution >= 0.6 is 0 Å². The zero-order valence-corrected chi connectivity index (χ0v) is 69.1. The minimum absolute atomic E-state index is 0.0680. The van der Waals surface area contributed by atoms with Gasteiger partial charge in [-0.2, -0.15) is 0 Å². The minimum Gasteiger partial charge on any atom is -0.452 e. The number of benzene rings is 15. The molecule has 9 heteroatoms. The van der Waals surface area contributed by atoms with Crippen molar-refractivity contribution >= 4 is 188 Å². The van der Waals surface area contributed by atoms with Crippen molar-refractivity contribution in [2.75, 3.05) is 9.80 Å². The zero-order valence-electron chi connectivity index (χ0n) is 85.1. The summed E-state index contributed by atoms with van der Waals surface area (Å²) in [6, 6.07) is 60.2. The summed E-state index contributed by atoms with van der Waals surface area (Å²) in [5.74, 6) is 0. The average molecular weight is 1560 g/mol. The smallest absolute Gasteiger partial charge is 0.252 e. The van der Waals surface area contributed by atoms with E-state index in [4.69, 9.17) is 17.1 Å². The molecule has 0 spiro atoms. The predicted octanol–water partition coefficient (Wildman–Crippen LogP) is 28.4. The van der Waals surface area contributed by atoms with Crippen LogP contribution in [-0.2, 0) is 27.1 Å². The summed E-state index contributed by atoms with van der Waals surface area (Å²) in [5.41, 5.74) is 18.8. The van der Waals surface area contributed by atoms with Crippen molar-refractivity contribution in [2.45, 2.75) is 131 Å². The van der Waals surface area contributed by atoms with Crippen LogP contribution in [0.3, 0.4) is 0 Å². The fourth-order valence-electron chi connectivity index (χ4n) is 19.3. The number of furan rings is 2. The standard InChI is InChI=1S/C110H93BN6O2/c1-106(2,3)64-44-52-89-79(56-64)80-57-65(107(4,5)6)45-53-90(80)113(89)70-49-51-84-98(63-70)117(96-43-27-35-78-76-33-25-41-94(103(76)119-105(78)96)115-91-54-46-66(108(7,8)9)58-81(91)82-59-67(109(10,11)12)47-55-92(82)115)100-61-68(110(13,14)15)60-99-101(100)111(84)83-50-48-69(112-85-36-20-16-28-71(85)72-29-17-21-37-86(72)112)62-97(83)116(99)95-42-26-34-77-75-32-24-40-93(102(75)118-104(77)95)114-87-38-22-18-30-73(87)74-31-19-23-39-88(74)114/h16-63H,1-15H3/i16D,17D,18D,19D,20D,21D,22D,23D,28D,29D,30D,31D,36D,37D,38D,39D. The van der Waals surface area contributed by atoms with Gasteiger partial charge in [0.25, 0.3) is 6.71 Å². The van der Waals surface area contributed by atoms with Crippen molar-refractivity contribution in [3.05, 3.63) is 319 Å². The third-order valence-electron chi connectivity index (χ3n) is 25.4. The number of anilines is 6. The van der Waals surface area contributed by atoms with Gasteiger partial charge < -0.3 is 36.9 Å². The molecule has 119 heavy (non-hydrogen) atoms. The van der Waals surface area contributed by atoms with Crippen LogP contribution in [-0.4, -0.2) is 25.0 Å². The van der Waals surface area contributed by atoms with Gasteiger partial charge in [-0.1, -0.05) is 261 Å². The fourth-order valence-corrected chi connectivity index (χ4v) is 19.3. The summed E-state index contributed by atoms with van der Waals surface area (Å²) in [7, 11) is 0. The van der Waals surface area contributed by atoms with Crippen LogP contribution < -0.4 is 26.2 Å². The Bertz CT molecular complexity index is 8730. The molecule has 0 saturated heterocycles. The van der Waals surface area contributed by atoms with E-state index < -0.39 is 109 Å². The van der Waals surface area contributed by atoms with Gasteiger partial charge in [-0.25, -0.2) is 0 Å². The maximum absolute atomic E-state index is 9.90. The highest BCUT2D eigenvalue weighted by Gasteiger charge is 2.46. The van der Waals surface area contributed by atoms with E-state index in [0.29, 0.717) is 44.6 Å². The van der Waals surface area contributed by atoms with E-state index in [0.717, 1.165) is 105 Å². The highest BCUT2D eigenvalue weighted by Crippen LogP contribution is 2.54. The molecule has 15 aromatic carbocycles. The lowest BCUT2D eigenvalue weighted by molar-refractivity contribution is 0.590. The Labute approximate surface area is 715 Å². The van der Waals surface area contributed by atoms with Crippen molar-refractivity contribution < 1.29 is 30.8 Å². The Balaban J connectivity index is 0.855. The Morgan fingerprint density at radius 2 is 0.521 bits per heavy atom. The number of fused-ring (bicyclic) bond motifs is 22. The Morgan fingerprint density at radius 1 is 0.235 bits per heavy atom. The van der Waals surface area contributed by atoms with Gasteiger partial charge in [0.05, 0.1) is 88.8 Å². The monoisotopic (exact) mass is 1560 g/mol. The average Bonchev–Trinajstić information content (AvgIpc) is 1.55. The predicted molar refractivity (Wildman–Crippen MR) is 506 cm³/mol. The van der Waals surface area contributed by atoms with Crippen LogP contribution in [0.4, 0.5) is 34.1 Å². The number of nitrogens with zero attached hydrogens (tertiary/aromatic N) is 6. The van der Waals surface area contributed by atoms with Crippen LogP contribution in [0.2, 0.25) is 0 Å². The third-order valence-corrected chi connectivity index (χ3v) is 25.4. The summed E-state index contributed by atoms with van der Waals surface area (Å²) >= 11 is 0. The van der Waals surface area contributed by atoms with Crippen molar-refractivity contribution in [3.8, 4) is 22.7 Å². The molecule has 8 heterocycles. The van der Waals surface area contributed by atoms with Crippen molar-refractivity contribution in [1.82, 2.24) is 18.3 Å². The van der Waals surface area contributed by atoms with Gasteiger partial charge in [0, 0.05) is 98.8 Å². The first kappa shape index (κ1) is 56.2. The second kappa shape index (κ2) is 24.7. The molecular weight excluding hydrogens is 1450 g/mol. The molecule has 0 radical (unpaired) electrons.